The van der Waals surface area contributed by atoms with Crippen LogP contribution in [0.2, 0.25) is 0 Å². The number of carbonyl (C=O) groups is 2. The monoisotopic (exact) mass is 412 g/mol. The topological polar surface area (TPSA) is 108 Å². The van der Waals surface area contributed by atoms with Crippen molar-refractivity contribution in [1.29, 1.82) is 0 Å². The highest BCUT2D eigenvalue weighted by molar-refractivity contribution is 8.00. The Hall–Kier alpha value is -2.07. The first-order chi connectivity index (χ1) is 12.8. The van der Waals surface area contributed by atoms with Crippen molar-refractivity contribution in [2.24, 2.45) is 0 Å². The Bertz CT molecular complexity index is 918. The average Bonchev–Trinajstić information content (AvgIpc) is 3.00. The summed E-state index contributed by atoms with van der Waals surface area (Å²) in [5.41, 5.74) is 0.0536. The van der Waals surface area contributed by atoms with Crippen LogP contribution in [0.1, 0.15) is 42.4 Å². The number of rotatable bonds is 7. The molecular formula is C17H24N4O4S2. The smallest absolute Gasteiger partial charge is 0.348 e. The Balaban J connectivity index is 2.50. The molecule has 2 aromatic rings. The van der Waals surface area contributed by atoms with E-state index in [0.717, 1.165) is 16.0 Å². The molecule has 2 aromatic heterocycles. The number of nitrogens with zero attached hydrogens (tertiary/aromatic N) is 3. The van der Waals surface area contributed by atoms with Crippen LogP contribution in [0.4, 0.5) is 0 Å². The minimum Gasteiger partial charge on any atom is -0.465 e. The third kappa shape index (κ3) is 3.96. The van der Waals surface area contributed by atoms with Crippen LogP contribution in [0.3, 0.4) is 0 Å². The van der Waals surface area contributed by atoms with Gasteiger partial charge in [0.25, 0.3) is 5.56 Å². The molecular weight excluding hydrogens is 388 g/mol. The maximum absolute atomic E-state index is 12.7. The molecule has 0 saturated carbocycles. The summed E-state index contributed by atoms with van der Waals surface area (Å²) in [5, 5.41) is 0.151. The van der Waals surface area contributed by atoms with Crippen molar-refractivity contribution in [3.05, 3.63) is 20.8 Å². The molecule has 0 aliphatic heterocycles. The van der Waals surface area contributed by atoms with Gasteiger partial charge >= 0.3 is 5.97 Å². The van der Waals surface area contributed by atoms with Crippen LogP contribution in [-0.4, -0.2) is 51.9 Å². The fourth-order valence-corrected chi connectivity index (χ4v) is 4.88. The molecule has 148 valence electrons. The number of nitrogen functional groups attached to an aromatic ring is 1. The van der Waals surface area contributed by atoms with E-state index in [-0.39, 0.29) is 11.1 Å². The normalized spacial score (nSPS) is 12.2. The fraction of sp³-hybridized carbons (Fsp3) is 0.529. The minimum absolute atomic E-state index is 0.0144. The molecule has 2 N–H and O–H groups in total. The third-order valence-electron chi connectivity index (χ3n) is 4.30. The highest BCUT2D eigenvalue weighted by atomic mass is 32.2. The van der Waals surface area contributed by atoms with Crippen molar-refractivity contribution in [2.45, 2.75) is 44.5 Å². The van der Waals surface area contributed by atoms with Crippen LogP contribution in [0.25, 0.3) is 10.2 Å². The Morgan fingerprint density at radius 1 is 1.33 bits per heavy atom. The number of methoxy groups -OCH3 is 1. The van der Waals surface area contributed by atoms with Gasteiger partial charge in [-0.1, -0.05) is 18.7 Å². The highest BCUT2D eigenvalue weighted by Crippen LogP contribution is 2.31. The molecule has 0 aliphatic rings. The zero-order valence-electron chi connectivity index (χ0n) is 16.1. The minimum atomic E-state index is -0.518. The number of thiophene rings is 1. The lowest BCUT2D eigenvalue weighted by molar-refractivity contribution is -0.130. The quantitative estimate of drug-likeness (QED) is 0.321. The summed E-state index contributed by atoms with van der Waals surface area (Å²) in [5.74, 6) is 5.43. The number of nitrogens with two attached hydrogens (primary N) is 1. The Kier molecular flexibility index (Phi) is 6.88. The second kappa shape index (κ2) is 8.75. The third-order valence-corrected chi connectivity index (χ3v) is 6.79. The maximum atomic E-state index is 12.7. The van der Waals surface area contributed by atoms with E-state index in [0.29, 0.717) is 40.2 Å². The first-order valence-corrected chi connectivity index (χ1v) is 10.3. The van der Waals surface area contributed by atoms with Gasteiger partial charge in [0, 0.05) is 13.1 Å². The molecule has 8 nitrogen and oxygen atoms in total. The number of esters is 1. The molecule has 1 amide bonds. The van der Waals surface area contributed by atoms with E-state index >= 15 is 0 Å². The van der Waals surface area contributed by atoms with E-state index in [2.05, 4.69) is 4.98 Å². The van der Waals surface area contributed by atoms with Crippen molar-refractivity contribution in [3.8, 4) is 0 Å². The first-order valence-electron chi connectivity index (χ1n) is 8.65. The highest BCUT2D eigenvalue weighted by Gasteiger charge is 2.26. The number of ether oxygens (including phenoxy) is 1. The molecule has 2 heterocycles. The Labute approximate surface area is 165 Å². The summed E-state index contributed by atoms with van der Waals surface area (Å²) in [6, 6.07) is 0. The summed E-state index contributed by atoms with van der Waals surface area (Å²) in [7, 11) is 1.28. The van der Waals surface area contributed by atoms with E-state index < -0.39 is 16.8 Å². The molecule has 0 fully saturated rings. The summed E-state index contributed by atoms with van der Waals surface area (Å²) in [6.07, 6.45) is 0.574. The SMILES string of the molecule is CC[C@H](Sc1nc2sc(C(=O)OC)c(C)c2c(=O)n1N)C(=O)N(CC)CC. The van der Waals surface area contributed by atoms with Crippen LogP contribution in [0.5, 0.6) is 0 Å². The molecule has 0 unspecified atom stereocenters. The standard InChI is InChI=1S/C17H24N4O4S2/c1-6-10(14(22)20(7-2)8-3)26-17-19-13-11(15(23)21(17)18)9(4)12(27-13)16(24)25-5/h10H,6-8,18H2,1-5H3/t10-/m0/s1. The predicted molar refractivity (Wildman–Crippen MR) is 108 cm³/mol. The molecule has 0 saturated heterocycles. The van der Waals surface area contributed by atoms with E-state index in [1.54, 1.807) is 11.8 Å². The second-order valence-corrected chi connectivity index (χ2v) is 7.99. The van der Waals surface area contributed by atoms with E-state index in [1.165, 1.54) is 18.9 Å². The van der Waals surface area contributed by atoms with Crippen LogP contribution in [0.15, 0.2) is 9.95 Å². The largest absolute Gasteiger partial charge is 0.465 e. The van der Waals surface area contributed by atoms with Gasteiger partial charge in [-0.15, -0.1) is 11.3 Å². The van der Waals surface area contributed by atoms with Gasteiger partial charge in [-0.25, -0.2) is 14.5 Å². The van der Waals surface area contributed by atoms with Crippen molar-refractivity contribution in [3.63, 3.8) is 0 Å². The second-order valence-electron chi connectivity index (χ2n) is 5.82. The van der Waals surface area contributed by atoms with Gasteiger partial charge in [-0.2, -0.15) is 0 Å². The Morgan fingerprint density at radius 2 is 1.96 bits per heavy atom. The molecule has 1 atom stereocenters. The maximum Gasteiger partial charge on any atom is 0.348 e. The van der Waals surface area contributed by atoms with Crippen molar-refractivity contribution in [1.82, 2.24) is 14.6 Å². The van der Waals surface area contributed by atoms with Gasteiger partial charge in [0.15, 0.2) is 5.16 Å². The predicted octanol–water partition coefficient (Wildman–Crippen LogP) is 2.01. The van der Waals surface area contributed by atoms with Gasteiger partial charge in [0.2, 0.25) is 5.91 Å². The van der Waals surface area contributed by atoms with E-state index in [4.69, 9.17) is 10.6 Å². The number of thioether (sulfide) groups is 1. The molecule has 0 aliphatic carbocycles. The van der Waals surface area contributed by atoms with Gasteiger partial charge < -0.3 is 15.5 Å². The molecule has 0 radical (unpaired) electrons. The van der Waals surface area contributed by atoms with Crippen molar-refractivity contribution >= 4 is 45.2 Å². The summed E-state index contributed by atoms with van der Waals surface area (Å²) < 4.78 is 5.71. The number of aromatic nitrogens is 2. The molecule has 0 bridgehead atoms. The lowest BCUT2D eigenvalue weighted by Gasteiger charge is -2.24. The van der Waals surface area contributed by atoms with Crippen molar-refractivity contribution < 1.29 is 14.3 Å². The summed E-state index contributed by atoms with van der Waals surface area (Å²) in [4.78, 5) is 44.2. The number of carbonyl (C=O) groups excluding carboxylic acids is 2. The lowest BCUT2D eigenvalue weighted by Crippen LogP contribution is -2.38. The van der Waals surface area contributed by atoms with Crippen molar-refractivity contribution in [2.75, 3.05) is 26.0 Å². The zero-order chi connectivity index (χ0) is 20.3. The number of hydrogen-bond donors (Lipinski definition) is 1. The van der Waals surface area contributed by atoms with Crippen LogP contribution in [0, 0.1) is 6.92 Å². The van der Waals surface area contributed by atoms with Crippen LogP contribution < -0.4 is 11.4 Å². The molecule has 2 rings (SSSR count). The Morgan fingerprint density at radius 3 is 2.48 bits per heavy atom. The van der Waals surface area contributed by atoms with E-state index in [9.17, 15) is 14.4 Å². The zero-order valence-corrected chi connectivity index (χ0v) is 17.7. The van der Waals surface area contributed by atoms with Gasteiger partial charge in [0.05, 0.1) is 17.7 Å². The summed E-state index contributed by atoms with van der Waals surface area (Å²) >= 11 is 2.26. The summed E-state index contributed by atoms with van der Waals surface area (Å²) in [6.45, 7) is 8.64. The fourth-order valence-electron chi connectivity index (χ4n) is 2.72. The van der Waals surface area contributed by atoms with Gasteiger partial charge in [0.1, 0.15) is 9.71 Å². The average molecular weight is 413 g/mol. The van der Waals surface area contributed by atoms with Crippen LogP contribution >= 0.6 is 23.1 Å². The molecule has 0 aromatic carbocycles. The number of aryl methyl sites for hydroxylation is 1. The van der Waals surface area contributed by atoms with Crippen LogP contribution in [-0.2, 0) is 9.53 Å². The number of fused-ring (bicyclic) bond motifs is 1. The molecule has 10 heteroatoms. The van der Waals surface area contributed by atoms with Gasteiger partial charge in [-0.05, 0) is 32.8 Å². The number of hydrogen-bond acceptors (Lipinski definition) is 8. The number of amides is 1. The van der Waals surface area contributed by atoms with E-state index in [1.807, 2.05) is 20.8 Å². The first kappa shape index (κ1) is 21.2. The molecule has 27 heavy (non-hydrogen) atoms. The lowest BCUT2D eigenvalue weighted by atomic mass is 10.2. The van der Waals surface area contributed by atoms with Gasteiger partial charge in [-0.3, -0.25) is 9.59 Å². The molecule has 0 spiro atoms.